The van der Waals surface area contributed by atoms with E-state index in [4.69, 9.17) is 34.5 Å². The second-order valence-corrected chi connectivity index (χ2v) is 12.2. The Hall–Kier alpha value is -3.94. The standard InChI is InChI=1S/C33H37ClFN7O2/c1-22(35)31(43)42-17-16-41(18-24(42)10-14-36)30-25-11-15-40(28-9-5-7-23-6-4-8-26(34)29(23)28)19-27(25)37-32(38-30)44-21-33(12-13-33)20-39(2)3/h4-9,24H,1,10-13,15-21H2,2-3H3/i2D3,3D3. The van der Waals surface area contributed by atoms with Gasteiger partial charge in [-0.1, -0.05) is 42.4 Å². The summed E-state index contributed by atoms with van der Waals surface area (Å²) in [7, 11) is 0. The van der Waals surface area contributed by atoms with Gasteiger partial charge in [-0.05, 0) is 50.7 Å². The topological polar surface area (TPSA) is 88.8 Å². The van der Waals surface area contributed by atoms with Crippen LogP contribution in [0.1, 0.15) is 38.7 Å². The van der Waals surface area contributed by atoms with E-state index in [1.54, 1.807) is 0 Å². The highest BCUT2D eigenvalue weighted by molar-refractivity contribution is 6.36. The molecule has 9 nitrogen and oxygen atoms in total. The van der Waals surface area contributed by atoms with E-state index in [1.807, 2.05) is 41.3 Å². The fourth-order valence-corrected chi connectivity index (χ4v) is 6.57. The molecule has 11 heteroatoms. The van der Waals surface area contributed by atoms with Gasteiger partial charge in [0.05, 0.1) is 42.4 Å². The zero-order valence-electron chi connectivity index (χ0n) is 30.2. The van der Waals surface area contributed by atoms with Crippen molar-refractivity contribution in [1.82, 2.24) is 19.8 Å². The third-order valence-corrected chi connectivity index (χ3v) is 9.07. The number of nitrogens with zero attached hydrogens (tertiary/aromatic N) is 7. The van der Waals surface area contributed by atoms with Crippen LogP contribution in [0.4, 0.5) is 15.9 Å². The van der Waals surface area contributed by atoms with Crippen molar-refractivity contribution in [3.8, 4) is 12.1 Å². The molecule has 1 amide bonds. The van der Waals surface area contributed by atoms with Crippen molar-refractivity contribution >= 4 is 39.8 Å². The maximum atomic E-state index is 13.9. The van der Waals surface area contributed by atoms with Crippen molar-refractivity contribution in [2.75, 3.05) is 63.1 Å². The minimum atomic E-state index is -2.82. The molecule has 3 aliphatic rings. The number of amides is 1. The fourth-order valence-electron chi connectivity index (χ4n) is 6.29. The fraction of sp³-hybridized carbons (Fsp3) is 0.455. The summed E-state index contributed by atoms with van der Waals surface area (Å²) in [5.74, 6) is -1.36. The molecule has 6 rings (SSSR count). The second-order valence-electron chi connectivity index (χ2n) is 11.8. The molecule has 1 aliphatic carbocycles. The Bertz CT molecular complexity index is 1830. The summed E-state index contributed by atoms with van der Waals surface area (Å²) in [5.41, 5.74) is 1.82. The third kappa shape index (κ3) is 6.04. The Morgan fingerprint density at radius 2 is 2.02 bits per heavy atom. The van der Waals surface area contributed by atoms with Gasteiger partial charge in [-0.15, -0.1) is 0 Å². The molecule has 1 atom stereocenters. The number of rotatable bonds is 9. The number of halogens is 2. The van der Waals surface area contributed by atoms with Gasteiger partial charge < -0.3 is 24.3 Å². The predicted molar refractivity (Wildman–Crippen MR) is 170 cm³/mol. The van der Waals surface area contributed by atoms with E-state index in [1.165, 1.54) is 4.90 Å². The maximum absolute atomic E-state index is 13.9. The number of nitriles is 1. The van der Waals surface area contributed by atoms with Gasteiger partial charge in [-0.25, -0.2) is 4.39 Å². The van der Waals surface area contributed by atoms with Crippen LogP contribution in [-0.4, -0.2) is 85.0 Å². The summed E-state index contributed by atoms with van der Waals surface area (Å²) in [4.78, 5) is 28.3. The van der Waals surface area contributed by atoms with Crippen molar-refractivity contribution in [3.63, 3.8) is 0 Å². The van der Waals surface area contributed by atoms with E-state index < -0.39 is 37.1 Å². The van der Waals surface area contributed by atoms with Crippen molar-refractivity contribution in [2.24, 2.45) is 5.41 Å². The summed E-state index contributed by atoms with van der Waals surface area (Å²) < 4.78 is 66.9. The number of fused-ring (bicyclic) bond motifs is 2. The lowest BCUT2D eigenvalue weighted by molar-refractivity contribution is -0.131. The molecule has 44 heavy (non-hydrogen) atoms. The Morgan fingerprint density at radius 3 is 2.75 bits per heavy atom. The number of carbonyl (C=O) groups excluding carboxylic acids is 1. The lowest BCUT2D eigenvalue weighted by atomic mass is 10.0. The van der Waals surface area contributed by atoms with Gasteiger partial charge in [-0.3, -0.25) is 4.79 Å². The molecule has 0 spiro atoms. The molecule has 3 aromatic rings. The summed E-state index contributed by atoms with van der Waals surface area (Å²) in [6.45, 7) is -1.00. The molecule has 2 aromatic carbocycles. The van der Waals surface area contributed by atoms with Crippen LogP contribution in [0.5, 0.6) is 6.01 Å². The average Bonchev–Trinajstić information content (AvgIpc) is 3.84. The van der Waals surface area contributed by atoms with Gasteiger partial charge in [0.1, 0.15) is 5.82 Å². The molecule has 2 aliphatic heterocycles. The van der Waals surface area contributed by atoms with Crippen LogP contribution >= 0.6 is 11.6 Å². The Morgan fingerprint density at radius 1 is 1.23 bits per heavy atom. The average molecular weight is 624 g/mol. The first-order valence-electron chi connectivity index (χ1n) is 17.6. The third-order valence-electron chi connectivity index (χ3n) is 8.76. The summed E-state index contributed by atoms with van der Waals surface area (Å²) >= 11 is 6.68. The van der Waals surface area contributed by atoms with Crippen LogP contribution in [-0.2, 0) is 17.8 Å². The largest absolute Gasteiger partial charge is 0.463 e. The smallest absolute Gasteiger partial charge is 0.318 e. The first kappa shape index (κ1) is 23.4. The zero-order chi connectivity index (χ0) is 36.0. The molecule has 1 saturated heterocycles. The van der Waals surface area contributed by atoms with E-state index in [9.17, 15) is 14.4 Å². The van der Waals surface area contributed by atoms with E-state index in [-0.39, 0.29) is 38.7 Å². The normalized spacial score (nSPS) is 21.7. The van der Waals surface area contributed by atoms with Gasteiger partial charge in [-0.2, -0.15) is 15.2 Å². The molecular weight excluding hydrogens is 581 g/mol. The quantitative estimate of drug-likeness (QED) is 0.309. The van der Waals surface area contributed by atoms with Gasteiger partial charge in [0.2, 0.25) is 0 Å². The highest BCUT2D eigenvalue weighted by Gasteiger charge is 2.44. The number of carbonyl (C=O) groups is 1. The molecule has 230 valence electrons. The Labute approximate surface area is 270 Å². The van der Waals surface area contributed by atoms with E-state index in [0.717, 1.165) is 22.0 Å². The van der Waals surface area contributed by atoms with Gasteiger partial charge in [0.25, 0.3) is 5.91 Å². The molecule has 0 bridgehead atoms. The molecule has 1 aromatic heterocycles. The molecule has 0 N–H and O–H groups in total. The first-order chi connectivity index (χ1) is 23.6. The number of benzene rings is 2. The molecule has 3 heterocycles. The number of aromatic nitrogens is 2. The predicted octanol–water partition coefficient (Wildman–Crippen LogP) is 4.98. The monoisotopic (exact) mass is 623 g/mol. The molecule has 1 saturated carbocycles. The summed E-state index contributed by atoms with van der Waals surface area (Å²) in [5, 5.41) is 12.1. The van der Waals surface area contributed by atoms with Crippen LogP contribution in [0.2, 0.25) is 5.02 Å². The Kier molecular flexibility index (Phi) is 6.51. The highest BCUT2D eigenvalue weighted by Crippen LogP contribution is 2.46. The number of anilines is 2. The van der Waals surface area contributed by atoms with E-state index in [2.05, 4.69) is 17.5 Å². The zero-order valence-corrected chi connectivity index (χ0v) is 25.0. The molecule has 0 radical (unpaired) electrons. The number of hydrogen-bond donors (Lipinski definition) is 0. The Balaban J connectivity index is 1.33. The molecular formula is C33H37ClFN7O2. The van der Waals surface area contributed by atoms with E-state index >= 15 is 0 Å². The van der Waals surface area contributed by atoms with Gasteiger partial charge in [0, 0.05) is 63.0 Å². The molecule has 1 unspecified atom stereocenters. The van der Waals surface area contributed by atoms with Crippen LogP contribution in [0.25, 0.3) is 10.8 Å². The van der Waals surface area contributed by atoms with Crippen molar-refractivity contribution in [3.05, 3.63) is 65.1 Å². The number of hydrogen-bond acceptors (Lipinski definition) is 8. The van der Waals surface area contributed by atoms with Gasteiger partial charge >= 0.3 is 6.01 Å². The molecule has 2 fully saturated rings. The minimum Gasteiger partial charge on any atom is -0.463 e. The number of piperazine rings is 1. The van der Waals surface area contributed by atoms with E-state index in [0.29, 0.717) is 60.3 Å². The summed E-state index contributed by atoms with van der Waals surface area (Å²) in [6, 6.07) is 13.3. The van der Waals surface area contributed by atoms with Crippen molar-refractivity contribution in [1.29, 1.82) is 5.26 Å². The van der Waals surface area contributed by atoms with Crippen molar-refractivity contribution < 1.29 is 22.1 Å². The minimum absolute atomic E-state index is 0.00841. The second kappa shape index (κ2) is 12.2. The van der Waals surface area contributed by atoms with Crippen LogP contribution in [0.15, 0.2) is 48.8 Å². The van der Waals surface area contributed by atoms with Crippen LogP contribution in [0.3, 0.4) is 0 Å². The van der Waals surface area contributed by atoms with Gasteiger partial charge in [0.15, 0.2) is 5.83 Å². The SMILES string of the molecule is [2H]C([2H])([2H])N(CC1(COc2nc3c(c(N4CCN(C(=O)C(=C)F)C(CC#N)C4)n2)CCN(c2cccc4cccc(Cl)c24)C3)CC1)C([2H])([2H])[2H]. The summed E-state index contributed by atoms with van der Waals surface area (Å²) in [6.07, 6.45) is 1.70. The maximum Gasteiger partial charge on any atom is 0.318 e. The van der Waals surface area contributed by atoms with Crippen LogP contribution < -0.4 is 14.5 Å². The van der Waals surface area contributed by atoms with Crippen LogP contribution in [0, 0.1) is 16.7 Å². The lowest BCUT2D eigenvalue weighted by Gasteiger charge is -2.42. The first-order valence-corrected chi connectivity index (χ1v) is 15.0. The number of ether oxygens (including phenoxy) is 1. The highest BCUT2D eigenvalue weighted by atomic mass is 35.5. The van der Waals surface area contributed by atoms with Crippen molar-refractivity contribution in [2.45, 2.75) is 38.3 Å². The lowest BCUT2D eigenvalue weighted by Crippen LogP contribution is -2.55.